The molecule has 10 heteroatoms. The topological polar surface area (TPSA) is 134 Å². The summed E-state index contributed by atoms with van der Waals surface area (Å²) in [6.45, 7) is 3.65. The van der Waals surface area contributed by atoms with E-state index in [1.807, 2.05) is 0 Å². The summed E-state index contributed by atoms with van der Waals surface area (Å²) in [5.74, 6) is -0.825. The fraction of sp³-hybridized carbons (Fsp3) is 0.754. The van der Waals surface area contributed by atoms with E-state index in [-0.39, 0.29) is 38.6 Å². The summed E-state index contributed by atoms with van der Waals surface area (Å²) in [6, 6.07) is 0. The van der Waals surface area contributed by atoms with E-state index >= 15 is 0 Å². The zero-order valence-corrected chi connectivity index (χ0v) is 49.4. The van der Waals surface area contributed by atoms with Crippen LogP contribution in [0.1, 0.15) is 284 Å². The molecule has 0 aromatic carbocycles. The molecule has 0 amide bonds. The maximum atomic E-state index is 12.7. The molecule has 0 aliphatic carbocycles. The van der Waals surface area contributed by atoms with Crippen LogP contribution >= 0.6 is 7.82 Å². The Morgan fingerprint density at radius 1 is 0.413 bits per heavy atom. The van der Waals surface area contributed by atoms with Gasteiger partial charge in [0.05, 0.1) is 13.2 Å². The molecule has 3 N–H and O–H groups in total. The average Bonchev–Trinajstić information content (AvgIpc) is 3.40. The molecule has 75 heavy (non-hydrogen) atoms. The Kier molecular flexibility index (Phi) is 58.2. The first-order valence-corrected chi connectivity index (χ1v) is 32.6. The van der Waals surface area contributed by atoms with Gasteiger partial charge in [0.2, 0.25) is 0 Å². The van der Waals surface area contributed by atoms with Gasteiger partial charge in [-0.1, -0.05) is 266 Å². The van der Waals surface area contributed by atoms with Crippen LogP contribution in [0.15, 0.2) is 85.1 Å². The Morgan fingerprint density at radius 3 is 1.11 bits per heavy atom. The second-order valence-corrected chi connectivity index (χ2v) is 22.0. The van der Waals surface area contributed by atoms with Crippen LogP contribution in [0.3, 0.4) is 0 Å². The van der Waals surface area contributed by atoms with Crippen molar-refractivity contribution in [3.63, 3.8) is 0 Å². The van der Waals surface area contributed by atoms with Gasteiger partial charge < -0.3 is 20.1 Å². The summed E-state index contributed by atoms with van der Waals surface area (Å²) >= 11 is 0. The summed E-state index contributed by atoms with van der Waals surface area (Å²) in [7, 11) is -4.39. The smallest absolute Gasteiger partial charge is 0.462 e. The summed E-state index contributed by atoms with van der Waals surface area (Å²) in [5.41, 5.74) is 5.39. The second kappa shape index (κ2) is 60.4. The second-order valence-electron chi connectivity index (χ2n) is 20.5. The van der Waals surface area contributed by atoms with E-state index in [1.165, 1.54) is 173 Å². The van der Waals surface area contributed by atoms with Crippen molar-refractivity contribution < 1.29 is 37.6 Å². The zero-order chi connectivity index (χ0) is 54.5. The van der Waals surface area contributed by atoms with Crippen LogP contribution in [-0.4, -0.2) is 49.3 Å². The monoisotopic (exact) mass is 1070 g/mol. The number of hydrogen-bond acceptors (Lipinski definition) is 8. The average molecular weight is 1070 g/mol. The number of carbonyl (C=O) groups is 2. The third kappa shape index (κ3) is 60.3. The number of unbranched alkanes of at least 4 members (excludes halogenated alkanes) is 31. The molecule has 2 unspecified atom stereocenters. The van der Waals surface area contributed by atoms with Crippen molar-refractivity contribution in [3.8, 4) is 0 Å². The number of nitrogens with two attached hydrogens (primary N) is 1. The number of phosphoric acid groups is 1. The number of esters is 2. The van der Waals surface area contributed by atoms with Crippen molar-refractivity contribution in [2.75, 3.05) is 26.4 Å². The molecular formula is C65H116NO8P. The van der Waals surface area contributed by atoms with E-state index in [0.29, 0.717) is 6.42 Å². The van der Waals surface area contributed by atoms with Gasteiger partial charge in [-0.15, -0.1) is 0 Å². The quantitative estimate of drug-likeness (QED) is 0.0264. The normalized spacial score (nSPS) is 13.6. The molecule has 0 heterocycles. The van der Waals surface area contributed by atoms with Gasteiger partial charge in [-0.2, -0.15) is 0 Å². The minimum Gasteiger partial charge on any atom is -0.462 e. The van der Waals surface area contributed by atoms with E-state index < -0.39 is 26.5 Å². The van der Waals surface area contributed by atoms with Crippen LogP contribution in [0.2, 0.25) is 0 Å². The SMILES string of the molecule is CC/C=C\C/C=C\C/C=C\C/C=C\C/C=C\C/C=C\CCCCCCCCCCCCCCC(=O)OC(COC(=O)CCCCCCCCCCCCC/C=C\CCCCCCCCCC)COP(=O)(O)OCCN. The highest BCUT2D eigenvalue weighted by molar-refractivity contribution is 7.47. The summed E-state index contributed by atoms with van der Waals surface area (Å²) in [6.07, 6.45) is 79.3. The number of hydrogen-bond donors (Lipinski definition) is 2. The molecule has 0 aliphatic heterocycles. The molecule has 9 nitrogen and oxygen atoms in total. The van der Waals surface area contributed by atoms with Crippen molar-refractivity contribution in [1.82, 2.24) is 0 Å². The van der Waals surface area contributed by atoms with E-state index in [2.05, 4.69) is 98.9 Å². The number of carbonyl (C=O) groups excluding carboxylic acids is 2. The first kappa shape index (κ1) is 72.2. The van der Waals surface area contributed by atoms with Crippen LogP contribution in [0.4, 0.5) is 0 Å². The molecule has 2 atom stereocenters. The Balaban J connectivity index is 3.95. The van der Waals surface area contributed by atoms with Crippen LogP contribution in [0.25, 0.3) is 0 Å². The molecule has 0 rings (SSSR count). The predicted octanol–water partition coefficient (Wildman–Crippen LogP) is 19.9. The summed E-state index contributed by atoms with van der Waals surface area (Å²) in [5, 5.41) is 0. The minimum atomic E-state index is -4.39. The summed E-state index contributed by atoms with van der Waals surface area (Å²) < 4.78 is 33.1. The van der Waals surface area contributed by atoms with Crippen LogP contribution in [-0.2, 0) is 32.7 Å². The molecule has 434 valence electrons. The number of rotatable bonds is 58. The van der Waals surface area contributed by atoms with E-state index in [4.69, 9.17) is 24.3 Å². The molecule has 0 bridgehead atoms. The fourth-order valence-corrected chi connectivity index (χ4v) is 9.46. The third-order valence-electron chi connectivity index (χ3n) is 13.3. The fourth-order valence-electron chi connectivity index (χ4n) is 8.69. The first-order valence-electron chi connectivity index (χ1n) is 31.1. The predicted molar refractivity (Wildman–Crippen MR) is 321 cm³/mol. The standard InChI is InChI=1S/C65H116NO8P/c1-3-5-7-9-11-13-15-17-19-21-23-25-27-28-29-30-31-32-33-34-36-38-40-42-44-46-48-50-52-54-56-58-65(68)74-63(62-73-75(69,70)72-60-59-66)61-71-64(67)57-55-53-51-49-47-45-43-41-39-37-35-26-24-22-20-18-16-14-12-10-8-6-4-2/h5,7,11,13,17,19,22-25,28-29,31-32,63H,3-4,6,8-10,12,14-16,18,20-21,26-27,30,33-62,66H2,1-2H3,(H,69,70)/b7-5-,13-11-,19-17-,24-22-,25-23-,29-28-,32-31-. The van der Waals surface area contributed by atoms with E-state index in [9.17, 15) is 19.0 Å². The minimum absolute atomic E-state index is 0.0508. The van der Waals surface area contributed by atoms with Gasteiger partial charge in [-0.05, 0) is 89.9 Å². The van der Waals surface area contributed by atoms with Crippen LogP contribution in [0.5, 0.6) is 0 Å². The molecule has 0 aliphatic rings. The summed E-state index contributed by atoms with van der Waals surface area (Å²) in [4.78, 5) is 35.3. The highest BCUT2D eigenvalue weighted by Gasteiger charge is 2.26. The Bertz CT molecular complexity index is 1500. The van der Waals surface area contributed by atoms with Gasteiger partial charge in [0.1, 0.15) is 6.61 Å². The highest BCUT2D eigenvalue weighted by Crippen LogP contribution is 2.43. The van der Waals surface area contributed by atoms with E-state index in [0.717, 1.165) is 77.0 Å². The van der Waals surface area contributed by atoms with Gasteiger partial charge >= 0.3 is 19.8 Å². The van der Waals surface area contributed by atoms with Crippen molar-refractivity contribution in [2.24, 2.45) is 5.73 Å². The van der Waals surface area contributed by atoms with Crippen molar-refractivity contribution >= 4 is 19.8 Å². The lowest BCUT2D eigenvalue weighted by Gasteiger charge is -2.19. The zero-order valence-electron chi connectivity index (χ0n) is 48.5. The molecule has 0 saturated carbocycles. The lowest BCUT2D eigenvalue weighted by atomic mass is 10.0. The molecule has 0 aromatic rings. The van der Waals surface area contributed by atoms with Crippen molar-refractivity contribution in [1.29, 1.82) is 0 Å². The molecular weight excluding hydrogens is 954 g/mol. The maximum Gasteiger partial charge on any atom is 0.472 e. The lowest BCUT2D eigenvalue weighted by molar-refractivity contribution is -0.161. The maximum absolute atomic E-state index is 12.7. The lowest BCUT2D eigenvalue weighted by Crippen LogP contribution is -2.29. The van der Waals surface area contributed by atoms with Gasteiger partial charge in [-0.25, -0.2) is 4.57 Å². The highest BCUT2D eigenvalue weighted by atomic mass is 31.2. The Hall–Kier alpha value is -2.81. The first-order chi connectivity index (χ1) is 36.8. The number of allylic oxidation sites excluding steroid dienone is 14. The largest absolute Gasteiger partial charge is 0.472 e. The van der Waals surface area contributed by atoms with Crippen LogP contribution < -0.4 is 5.73 Å². The Labute approximate surface area is 462 Å². The van der Waals surface area contributed by atoms with Crippen molar-refractivity contribution in [2.45, 2.75) is 290 Å². The molecule has 0 spiro atoms. The molecule has 0 saturated heterocycles. The Morgan fingerprint density at radius 2 is 0.733 bits per heavy atom. The van der Waals surface area contributed by atoms with Gasteiger partial charge in [0.25, 0.3) is 0 Å². The molecule has 0 radical (unpaired) electrons. The number of phosphoric ester groups is 1. The van der Waals surface area contributed by atoms with Gasteiger partial charge in [0.15, 0.2) is 6.10 Å². The van der Waals surface area contributed by atoms with Crippen molar-refractivity contribution in [3.05, 3.63) is 85.1 Å². The molecule has 0 fully saturated rings. The van der Waals surface area contributed by atoms with Gasteiger partial charge in [-0.3, -0.25) is 18.6 Å². The number of ether oxygens (including phenoxy) is 2. The molecule has 0 aromatic heterocycles. The van der Waals surface area contributed by atoms with Gasteiger partial charge in [0, 0.05) is 19.4 Å². The third-order valence-corrected chi connectivity index (χ3v) is 14.2. The van der Waals surface area contributed by atoms with E-state index in [1.54, 1.807) is 0 Å². The van der Waals surface area contributed by atoms with Crippen LogP contribution in [0, 0.1) is 0 Å².